The lowest BCUT2D eigenvalue weighted by molar-refractivity contribution is 1.18. The highest BCUT2D eigenvalue weighted by molar-refractivity contribution is 7.19. The van der Waals surface area contributed by atoms with Crippen LogP contribution in [0.25, 0.3) is 38.6 Å². The van der Waals surface area contributed by atoms with Crippen LogP contribution in [0.4, 0.5) is 0 Å². The highest BCUT2D eigenvalue weighted by atomic mass is 28.3. The molecule has 48 heavy (non-hydrogen) atoms. The highest BCUT2D eigenvalue weighted by Gasteiger charge is 2.41. The van der Waals surface area contributed by atoms with Crippen LogP contribution in [-0.4, -0.2) is 12.6 Å². The average molecular weight is 628 g/mol. The van der Waals surface area contributed by atoms with Crippen LogP contribution in [0.15, 0.2) is 176 Å². The second-order valence-electron chi connectivity index (χ2n) is 11.9. The van der Waals surface area contributed by atoms with Crippen molar-refractivity contribution in [3.63, 3.8) is 0 Å². The molecule has 0 atom stereocenters. The van der Waals surface area contributed by atoms with Gasteiger partial charge in [-0.15, -0.1) is 0 Å². The van der Waals surface area contributed by atoms with Crippen LogP contribution in [0, 0.1) is 22.7 Å². The first kappa shape index (κ1) is 29.0. The zero-order chi connectivity index (χ0) is 32.5. The molecule has 0 N–H and O–H groups in total. The van der Waals surface area contributed by atoms with E-state index in [2.05, 4.69) is 168 Å². The molecule has 0 saturated carbocycles. The average Bonchev–Trinajstić information content (AvgIpc) is 3.50. The smallest absolute Gasteiger partial charge is 0.179 e. The highest BCUT2D eigenvalue weighted by Crippen LogP contribution is 2.37. The molecule has 0 amide bonds. The van der Waals surface area contributed by atoms with E-state index in [1.807, 2.05) is 24.3 Å². The third-order valence-electron chi connectivity index (χ3n) is 9.43. The van der Waals surface area contributed by atoms with E-state index in [0.717, 1.165) is 43.8 Å². The van der Waals surface area contributed by atoms with Crippen LogP contribution in [0.5, 0.6) is 0 Å². The predicted molar refractivity (Wildman–Crippen MR) is 199 cm³/mol. The first-order chi connectivity index (χ1) is 23.7. The van der Waals surface area contributed by atoms with Gasteiger partial charge in [-0.2, -0.15) is 10.5 Å². The van der Waals surface area contributed by atoms with Crippen molar-refractivity contribution in [2.75, 3.05) is 0 Å². The fourth-order valence-electron chi connectivity index (χ4n) is 7.36. The Hall–Kier alpha value is -6.46. The van der Waals surface area contributed by atoms with Gasteiger partial charge in [-0.3, -0.25) is 0 Å². The zero-order valence-corrected chi connectivity index (χ0v) is 27.1. The van der Waals surface area contributed by atoms with Crippen LogP contribution >= 0.6 is 0 Å². The number of benzene rings is 7. The topological polar surface area (TPSA) is 52.5 Å². The molecule has 0 bridgehead atoms. The maximum atomic E-state index is 10.6. The second kappa shape index (κ2) is 12.0. The molecular weight excluding hydrogens is 599 g/mol. The Balaban J connectivity index is 1.49. The van der Waals surface area contributed by atoms with Crippen molar-refractivity contribution in [1.29, 1.82) is 10.5 Å². The second-order valence-corrected chi connectivity index (χ2v) is 15.7. The summed E-state index contributed by atoms with van der Waals surface area (Å²) in [6.45, 7) is 0. The standard InChI is InChI=1S/C44H29N3Si/c45-30-32-24-27-44(47-42-22-12-10-20-38(42)39-21-11-13-23-43(39)47)41(28-32)40-29-37(26-25-33(40)31-46)48(34-14-4-1-5-15-34,35-16-6-2-7-17-35)36-18-8-3-9-19-36/h1-29H. The van der Waals surface area contributed by atoms with Gasteiger partial charge in [0.1, 0.15) is 0 Å². The van der Waals surface area contributed by atoms with Crippen molar-refractivity contribution < 1.29 is 0 Å². The Bertz CT molecular complexity index is 2370. The lowest BCUT2D eigenvalue weighted by Gasteiger charge is -2.35. The fourth-order valence-corrected chi connectivity index (χ4v) is 12.1. The number of hydrogen-bond donors (Lipinski definition) is 0. The first-order valence-corrected chi connectivity index (χ1v) is 18.0. The van der Waals surface area contributed by atoms with Crippen molar-refractivity contribution in [1.82, 2.24) is 4.57 Å². The molecule has 224 valence electrons. The summed E-state index contributed by atoms with van der Waals surface area (Å²) in [5.41, 5.74) is 5.82. The molecule has 1 heterocycles. The molecule has 0 aliphatic rings. The summed E-state index contributed by atoms with van der Waals surface area (Å²) in [6, 6.07) is 66.2. The Morgan fingerprint density at radius 3 is 1.42 bits per heavy atom. The predicted octanol–water partition coefficient (Wildman–Crippen LogP) is 7.57. The summed E-state index contributed by atoms with van der Waals surface area (Å²) in [6.07, 6.45) is 0. The van der Waals surface area contributed by atoms with Gasteiger partial charge in [0.25, 0.3) is 0 Å². The molecule has 7 aromatic carbocycles. The molecule has 0 unspecified atom stereocenters. The Morgan fingerprint density at radius 2 is 0.917 bits per heavy atom. The minimum Gasteiger partial charge on any atom is -0.309 e. The van der Waals surface area contributed by atoms with Gasteiger partial charge < -0.3 is 4.57 Å². The van der Waals surface area contributed by atoms with E-state index in [9.17, 15) is 10.5 Å². The quantitative estimate of drug-likeness (QED) is 0.141. The monoisotopic (exact) mass is 627 g/mol. The summed E-state index contributed by atoms with van der Waals surface area (Å²) < 4.78 is 2.27. The van der Waals surface area contributed by atoms with E-state index in [0.29, 0.717) is 11.1 Å². The van der Waals surface area contributed by atoms with Gasteiger partial charge in [-0.05, 0) is 57.1 Å². The molecule has 4 heteroatoms. The summed E-state index contributed by atoms with van der Waals surface area (Å²) >= 11 is 0. The largest absolute Gasteiger partial charge is 0.309 e. The number of nitrogens with zero attached hydrogens (tertiary/aromatic N) is 3. The molecular formula is C44H29N3Si. The van der Waals surface area contributed by atoms with Crippen molar-refractivity contribution in [2.24, 2.45) is 0 Å². The minimum atomic E-state index is -2.87. The first-order valence-electron chi connectivity index (χ1n) is 16.0. The van der Waals surface area contributed by atoms with Crippen molar-refractivity contribution in [3.05, 3.63) is 187 Å². The SMILES string of the molecule is N#Cc1ccc(-n2c3ccccc3c3ccccc32)c(-c2cc([Si](c3ccccc3)(c3ccccc3)c3ccccc3)ccc2C#N)c1. The zero-order valence-electron chi connectivity index (χ0n) is 26.1. The number of hydrogen-bond acceptors (Lipinski definition) is 2. The number of rotatable bonds is 6. The third kappa shape index (κ3) is 4.55. The number of para-hydroxylation sites is 2. The third-order valence-corrected chi connectivity index (χ3v) is 14.2. The van der Waals surface area contributed by atoms with Gasteiger partial charge in [0, 0.05) is 21.9 Å². The van der Waals surface area contributed by atoms with E-state index in [4.69, 9.17) is 0 Å². The van der Waals surface area contributed by atoms with Crippen molar-refractivity contribution in [3.8, 4) is 29.0 Å². The molecule has 0 fully saturated rings. The molecule has 3 nitrogen and oxygen atoms in total. The Kier molecular flexibility index (Phi) is 7.27. The molecule has 0 saturated heterocycles. The van der Waals surface area contributed by atoms with Gasteiger partial charge in [-0.25, -0.2) is 0 Å². The van der Waals surface area contributed by atoms with Crippen LogP contribution in [0.1, 0.15) is 11.1 Å². The van der Waals surface area contributed by atoms with Gasteiger partial charge in [0.05, 0.1) is 40.0 Å². The van der Waals surface area contributed by atoms with Gasteiger partial charge in [-0.1, -0.05) is 140 Å². The molecule has 8 rings (SSSR count). The van der Waals surface area contributed by atoms with Crippen molar-refractivity contribution in [2.45, 2.75) is 0 Å². The summed E-state index contributed by atoms with van der Waals surface area (Å²) in [5.74, 6) is 0. The van der Waals surface area contributed by atoms with E-state index >= 15 is 0 Å². The summed E-state index contributed by atoms with van der Waals surface area (Å²) in [7, 11) is -2.87. The van der Waals surface area contributed by atoms with Gasteiger partial charge in [0.2, 0.25) is 0 Å². The lowest BCUT2D eigenvalue weighted by Crippen LogP contribution is -2.74. The normalized spacial score (nSPS) is 11.3. The molecule has 0 aliphatic heterocycles. The van der Waals surface area contributed by atoms with Gasteiger partial charge in [0.15, 0.2) is 8.07 Å². The minimum absolute atomic E-state index is 0.543. The summed E-state index contributed by atoms with van der Waals surface area (Å²) in [4.78, 5) is 0. The van der Waals surface area contributed by atoms with Crippen molar-refractivity contribution >= 4 is 50.6 Å². The van der Waals surface area contributed by atoms with Crippen LogP contribution in [0.3, 0.4) is 0 Å². The number of aromatic nitrogens is 1. The molecule has 0 aliphatic carbocycles. The van der Waals surface area contributed by atoms with Crippen LogP contribution in [-0.2, 0) is 0 Å². The molecule has 0 spiro atoms. The molecule has 1 aromatic heterocycles. The van der Waals surface area contributed by atoms with E-state index < -0.39 is 8.07 Å². The fraction of sp³-hybridized carbons (Fsp3) is 0. The maximum Gasteiger partial charge on any atom is 0.179 e. The van der Waals surface area contributed by atoms with E-state index in [-0.39, 0.29) is 0 Å². The van der Waals surface area contributed by atoms with Crippen LogP contribution in [0.2, 0.25) is 0 Å². The Labute approximate surface area is 280 Å². The van der Waals surface area contributed by atoms with E-state index in [1.54, 1.807) is 0 Å². The van der Waals surface area contributed by atoms with E-state index in [1.165, 1.54) is 15.6 Å². The number of fused-ring (bicyclic) bond motifs is 3. The lowest BCUT2D eigenvalue weighted by atomic mass is 9.96. The Morgan fingerprint density at radius 1 is 0.417 bits per heavy atom. The maximum absolute atomic E-state index is 10.6. The molecule has 0 radical (unpaired) electrons. The van der Waals surface area contributed by atoms with Crippen LogP contribution < -0.4 is 20.7 Å². The van der Waals surface area contributed by atoms with Gasteiger partial charge >= 0.3 is 0 Å². The number of nitriles is 2. The summed E-state index contributed by atoms with van der Waals surface area (Å²) in [5, 5.41) is 28.0. The molecule has 8 aromatic rings.